The first-order valence-electron chi connectivity index (χ1n) is 6.42. The second-order valence-corrected chi connectivity index (χ2v) is 5.69. The van der Waals surface area contributed by atoms with Crippen LogP contribution in [0.25, 0.3) is 12.2 Å². The molecule has 0 bridgehead atoms. The van der Waals surface area contributed by atoms with Crippen LogP contribution in [0.2, 0.25) is 0 Å². The Labute approximate surface area is 114 Å². The summed E-state index contributed by atoms with van der Waals surface area (Å²) in [5, 5.41) is 0. The number of hydrogen-bond donors (Lipinski definition) is 1. The Morgan fingerprint density at radius 2 is 1.53 bits per heavy atom. The van der Waals surface area contributed by atoms with Crippen LogP contribution >= 0.6 is 0 Å². The van der Waals surface area contributed by atoms with Crippen LogP contribution in [0.5, 0.6) is 0 Å². The van der Waals surface area contributed by atoms with Gasteiger partial charge in [0.15, 0.2) is 6.29 Å². The van der Waals surface area contributed by atoms with E-state index in [0.29, 0.717) is 5.69 Å². The lowest BCUT2D eigenvalue weighted by atomic mass is 9.87. The molecule has 0 aliphatic rings. The van der Waals surface area contributed by atoms with Crippen LogP contribution in [0.3, 0.4) is 0 Å². The van der Waals surface area contributed by atoms with Gasteiger partial charge >= 0.3 is 0 Å². The summed E-state index contributed by atoms with van der Waals surface area (Å²) in [7, 11) is 0. The highest BCUT2D eigenvalue weighted by Crippen LogP contribution is 2.22. The van der Waals surface area contributed by atoms with E-state index in [1.807, 2.05) is 18.2 Å². The van der Waals surface area contributed by atoms with E-state index in [1.165, 1.54) is 5.56 Å². The highest BCUT2D eigenvalue weighted by Gasteiger charge is 2.12. The number of carbonyl (C=O) groups is 1. The second kappa shape index (κ2) is 5.27. The topological polar surface area (TPSA) is 32.9 Å². The Hall–Kier alpha value is -2.09. The van der Waals surface area contributed by atoms with Crippen molar-refractivity contribution in [1.29, 1.82) is 0 Å². The zero-order valence-corrected chi connectivity index (χ0v) is 11.6. The molecule has 1 aromatic heterocycles. The molecule has 0 amide bonds. The van der Waals surface area contributed by atoms with Crippen molar-refractivity contribution in [2.45, 2.75) is 26.2 Å². The molecule has 0 unspecified atom stereocenters. The first-order valence-corrected chi connectivity index (χ1v) is 6.42. The van der Waals surface area contributed by atoms with E-state index < -0.39 is 0 Å². The number of aromatic nitrogens is 1. The minimum Gasteiger partial charge on any atom is -0.353 e. The molecule has 2 nitrogen and oxygen atoms in total. The van der Waals surface area contributed by atoms with Crippen LogP contribution in [-0.2, 0) is 5.41 Å². The Kier molecular flexibility index (Phi) is 3.70. The molecule has 0 saturated heterocycles. The Morgan fingerprint density at radius 1 is 0.895 bits per heavy atom. The van der Waals surface area contributed by atoms with E-state index in [2.05, 4.69) is 50.0 Å². The van der Waals surface area contributed by atoms with Crippen molar-refractivity contribution in [2.75, 3.05) is 0 Å². The number of aromatic amines is 1. The van der Waals surface area contributed by atoms with Gasteiger partial charge in [-0.15, -0.1) is 0 Å². The number of benzene rings is 1. The maximum atomic E-state index is 10.6. The maximum absolute atomic E-state index is 10.6. The highest BCUT2D eigenvalue weighted by molar-refractivity contribution is 5.75. The van der Waals surface area contributed by atoms with Crippen molar-refractivity contribution >= 4 is 18.4 Å². The lowest BCUT2D eigenvalue weighted by molar-refractivity contribution is 0.111. The van der Waals surface area contributed by atoms with Gasteiger partial charge in [-0.25, -0.2) is 0 Å². The average Bonchev–Trinajstić information content (AvgIpc) is 2.84. The molecule has 98 valence electrons. The molecule has 2 rings (SSSR count). The van der Waals surface area contributed by atoms with Gasteiger partial charge < -0.3 is 4.98 Å². The standard InChI is InChI=1S/C17H19NO/c1-17(2,3)14-7-4-13(5-8-14)6-9-15-10-11-16(12-19)18-15/h4-12,18H,1-3H3/b9-6+. The molecule has 0 aliphatic carbocycles. The van der Waals surface area contributed by atoms with Crippen molar-refractivity contribution in [3.63, 3.8) is 0 Å². The summed E-state index contributed by atoms with van der Waals surface area (Å²) in [6.07, 6.45) is 4.82. The van der Waals surface area contributed by atoms with Crippen molar-refractivity contribution < 1.29 is 4.79 Å². The number of nitrogens with one attached hydrogen (secondary N) is 1. The quantitative estimate of drug-likeness (QED) is 0.813. The van der Waals surface area contributed by atoms with E-state index in [-0.39, 0.29) is 5.41 Å². The molecule has 0 atom stereocenters. The summed E-state index contributed by atoms with van der Waals surface area (Å²) in [4.78, 5) is 13.6. The van der Waals surface area contributed by atoms with Gasteiger partial charge in [0, 0.05) is 5.69 Å². The lowest BCUT2D eigenvalue weighted by Gasteiger charge is -2.18. The van der Waals surface area contributed by atoms with Gasteiger partial charge in [0.05, 0.1) is 5.69 Å². The van der Waals surface area contributed by atoms with Gasteiger partial charge in [0.2, 0.25) is 0 Å². The summed E-state index contributed by atoms with van der Waals surface area (Å²) in [6, 6.07) is 12.2. The summed E-state index contributed by atoms with van der Waals surface area (Å²) < 4.78 is 0. The first kappa shape index (κ1) is 13.3. The van der Waals surface area contributed by atoms with Gasteiger partial charge in [0.25, 0.3) is 0 Å². The summed E-state index contributed by atoms with van der Waals surface area (Å²) in [6.45, 7) is 6.62. The Balaban J connectivity index is 2.13. The van der Waals surface area contributed by atoms with E-state index in [1.54, 1.807) is 6.07 Å². The van der Waals surface area contributed by atoms with Gasteiger partial charge in [-0.1, -0.05) is 51.1 Å². The van der Waals surface area contributed by atoms with E-state index >= 15 is 0 Å². The van der Waals surface area contributed by atoms with Crippen LogP contribution < -0.4 is 0 Å². The first-order chi connectivity index (χ1) is 8.99. The van der Waals surface area contributed by atoms with Gasteiger partial charge in [-0.3, -0.25) is 4.79 Å². The molecule has 0 saturated carbocycles. The SMILES string of the molecule is CC(C)(C)c1ccc(/C=C/c2ccc(C=O)[nH]2)cc1. The van der Waals surface area contributed by atoms with Crippen LogP contribution in [0, 0.1) is 0 Å². The molecule has 1 heterocycles. The number of carbonyl (C=O) groups excluding carboxylic acids is 1. The fourth-order valence-corrected chi connectivity index (χ4v) is 1.88. The predicted octanol–water partition coefficient (Wildman–Crippen LogP) is 4.30. The van der Waals surface area contributed by atoms with Crippen LogP contribution in [0.15, 0.2) is 36.4 Å². The number of H-pyrrole nitrogens is 1. The molecule has 1 aromatic carbocycles. The van der Waals surface area contributed by atoms with Gasteiger partial charge in [-0.05, 0) is 34.8 Å². The molecule has 0 spiro atoms. The molecule has 1 N–H and O–H groups in total. The third-order valence-electron chi connectivity index (χ3n) is 3.09. The summed E-state index contributed by atoms with van der Waals surface area (Å²) in [5.41, 5.74) is 4.19. The van der Waals surface area contributed by atoms with E-state index in [4.69, 9.17) is 0 Å². The zero-order chi connectivity index (χ0) is 13.9. The number of rotatable bonds is 3. The number of aldehydes is 1. The molecular weight excluding hydrogens is 234 g/mol. The Morgan fingerprint density at radius 3 is 2.05 bits per heavy atom. The minimum absolute atomic E-state index is 0.181. The fraction of sp³-hybridized carbons (Fsp3) is 0.235. The normalized spacial score (nSPS) is 11.9. The molecule has 0 fully saturated rings. The molecule has 0 radical (unpaired) electrons. The second-order valence-electron chi connectivity index (χ2n) is 5.69. The molecular formula is C17H19NO. The number of hydrogen-bond acceptors (Lipinski definition) is 1. The average molecular weight is 253 g/mol. The zero-order valence-electron chi connectivity index (χ0n) is 11.6. The largest absolute Gasteiger partial charge is 0.353 e. The van der Waals surface area contributed by atoms with Crippen molar-refractivity contribution in [3.05, 3.63) is 58.9 Å². The highest BCUT2D eigenvalue weighted by atomic mass is 16.1. The van der Waals surface area contributed by atoms with Gasteiger partial charge in [-0.2, -0.15) is 0 Å². The minimum atomic E-state index is 0.181. The van der Waals surface area contributed by atoms with Gasteiger partial charge in [0.1, 0.15) is 0 Å². The van der Waals surface area contributed by atoms with E-state index in [9.17, 15) is 4.79 Å². The van der Waals surface area contributed by atoms with Crippen molar-refractivity contribution in [2.24, 2.45) is 0 Å². The monoisotopic (exact) mass is 253 g/mol. The van der Waals surface area contributed by atoms with Crippen molar-refractivity contribution in [3.8, 4) is 0 Å². The Bertz CT molecular complexity index is 582. The third-order valence-corrected chi connectivity index (χ3v) is 3.09. The third kappa shape index (κ3) is 3.44. The summed E-state index contributed by atoms with van der Waals surface area (Å²) in [5.74, 6) is 0. The summed E-state index contributed by atoms with van der Waals surface area (Å²) >= 11 is 0. The molecule has 19 heavy (non-hydrogen) atoms. The molecule has 0 aliphatic heterocycles. The molecule has 2 heteroatoms. The maximum Gasteiger partial charge on any atom is 0.166 e. The lowest BCUT2D eigenvalue weighted by Crippen LogP contribution is -2.10. The van der Waals surface area contributed by atoms with Crippen LogP contribution in [-0.4, -0.2) is 11.3 Å². The fourth-order valence-electron chi connectivity index (χ4n) is 1.88. The molecule has 2 aromatic rings. The van der Waals surface area contributed by atoms with Crippen molar-refractivity contribution in [1.82, 2.24) is 4.98 Å². The predicted molar refractivity (Wildman–Crippen MR) is 80.3 cm³/mol. The smallest absolute Gasteiger partial charge is 0.166 e. The van der Waals surface area contributed by atoms with Crippen LogP contribution in [0.1, 0.15) is 48.1 Å². The van der Waals surface area contributed by atoms with E-state index in [0.717, 1.165) is 17.5 Å². The van der Waals surface area contributed by atoms with Crippen LogP contribution in [0.4, 0.5) is 0 Å².